The monoisotopic (exact) mass is 660 g/mol. The van der Waals surface area contributed by atoms with Gasteiger partial charge in [0.2, 0.25) is 5.13 Å². The molecule has 3 heterocycles. The number of aliphatic hydroxyl groups is 1. The van der Waals surface area contributed by atoms with E-state index in [1.165, 1.54) is 40.4 Å². The fraction of sp³-hybridized carbons (Fsp3) is 0.0938. The van der Waals surface area contributed by atoms with Crippen LogP contribution in [-0.2, 0) is 21.9 Å². The van der Waals surface area contributed by atoms with Gasteiger partial charge in [-0.15, -0.1) is 10.2 Å². The number of thioether (sulfide) groups is 1. The number of benzene rings is 3. The van der Waals surface area contributed by atoms with Crippen molar-refractivity contribution < 1.29 is 19.4 Å². The second kappa shape index (κ2) is 13.2. The van der Waals surface area contributed by atoms with Crippen LogP contribution < -0.4 is 9.64 Å². The Morgan fingerprint density at radius 3 is 2.43 bits per heavy atom. The standard InChI is InChI=1S/C32H22Cl2N4O4S2/c33-23-9-6-22(25(34)16-23)18-43-32-37-36-31(44-32)38-27(26(29(40)30(38)41)28(39)21-12-14-35-15-13-21)20-7-10-24(11-8-20)42-17-19-4-2-1-3-5-19/h1-16,27,39H,17-18H2/b28-26+. The molecule has 0 bridgehead atoms. The Balaban J connectivity index is 1.32. The SMILES string of the molecule is O=C1C(=O)N(c2nnc(SCc3ccc(Cl)cc3Cl)s2)C(c2ccc(OCc3ccccc3)cc2)/C1=C(\O)c1ccncc1. The number of nitrogens with zero attached hydrogens (tertiary/aromatic N) is 4. The van der Waals surface area contributed by atoms with Crippen LogP contribution in [0.15, 0.2) is 107 Å². The van der Waals surface area contributed by atoms with E-state index >= 15 is 0 Å². The van der Waals surface area contributed by atoms with Gasteiger partial charge < -0.3 is 9.84 Å². The summed E-state index contributed by atoms with van der Waals surface area (Å²) in [6, 6.07) is 24.3. The van der Waals surface area contributed by atoms with Gasteiger partial charge >= 0.3 is 5.91 Å². The first-order valence-corrected chi connectivity index (χ1v) is 15.8. The van der Waals surface area contributed by atoms with Crippen molar-refractivity contribution in [2.45, 2.75) is 22.7 Å². The van der Waals surface area contributed by atoms with Crippen molar-refractivity contribution >= 4 is 68.9 Å². The smallest absolute Gasteiger partial charge is 0.301 e. The molecule has 6 rings (SSSR count). The van der Waals surface area contributed by atoms with Crippen molar-refractivity contribution in [3.8, 4) is 5.75 Å². The molecule has 2 aromatic heterocycles. The van der Waals surface area contributed by atoms with E-state index in [9.17, 15) is 14.7 Å². The Kier molecular flexibility index (Phi) is 8.94. The van der Waals surface area contributed by atoms with E-state index in [2.05, 4.69) is 15.2 Å². The van der Waals surface area contributed by atoms with Crippen molar-refractivity contribution in [2.75, 3.05) is 4.90 Å². The number of carbonyl (C=O) groups is 2. The molecule has 1 N–H and O–H groups in total. The molecule has 12 heteroatoms. The first kappa shape index (κ1) is 29.8. The summed E-state index contributed by atoms with van der Waals surface area (Å²) in [5, 5.41) is 21.1. The van der Waals surface area contributed by atoms with Gasteiger partial charge in [0.15, 0.2) is 4.34 Å². The Labute approximate surface area is 271 Å². The lowest BCUT2D eigenvalue weighted by Crippen LogP contribution is -2.29. The van der Waals surface area contributed by atoms with Crippen LogP contribution in [0.5, 0.6) is 5.75 Å². The minimum Gasteiger partial charge on any atom is -0.507 e. The minimum absolute atomic E-state index is 0.0588. The molecule has 1 atom stereocenters. The number of aromatic nitrogens is 3. The van der Waals surface area contributed by atoms with Crippen molar-refractivity contribution in [1.29, 1.82) is 0 Å². The Morgan fingerprint density at radius 1 is 0.955 bits per heavy atom. The molecule has 1 saturated heterocycles. The molecule has 1 aliphatic heterocycles. The molecule has 1 fully saturated rings. The number of pyridine rings is 1. The Hall–Kier alpha value is -4.22. The number of ketones is 1. The van der Waals surface area contributed by atoms with E-state index in [1.54, 1.807) is 48.5 Å². The average molecular weight is 662 g/mol. The maximum absolute atomic E-state index is 13.5. The van der Waals surface area contributed by atoms with Gasteiger partial charge in [-0.05, 0) is 53.1 Å². The number of amides is 1. The van der Waals surface area contributed by atoms with Crippen molar-refractivity contribution in [2.24, 2.45) is 0 Å². The van der Waals surface area contributed by atoms with Gasteiger partial charge in [-0.3, -0.25) is 19.5 Å². The van der Waals surface area contributed by atoms with E-state index in [1.807, 2.05) is 36.4 Å². The van der Waals surface area contributed by atoms with Crippen LogP contribution in [0.3, 0.4) is 0 Å². The number of halogens is 2. The highest BCUT2D eigenvalue weighted by Crippen LogP contribution is 2.44. The Bertz CT molecular complexity index is 1850. The molecule has 0 spiro atoms. The highest BCUT2D eigenvalue weighted by atomic mass is 35.5. The number of hydrogen-bond acceptors (Lipinski definition) is 9. The van der Waals surface area contributed by atoms with Crippen molar-refractivity contribution in [3.63, 3.8) is 0 Å². The lowest BCUT2D eigenvalue weighted by molar-refractivity contribution is -0.132. The van der Waals surface area contributed by atoms with Crippen molar-refractivity contribution in [3.05, 3.63) is 135 Å². The summed E-state index contributed by atoms with van der Waals surface area (Å²) in [5.41, 5.74) is 2.77. The zero-order chi connectivity index (χ0) is 30.6. The second-order valence-corrected chi connectivity index (χ2v) is 12.6. The lowest BCUT2D eigenvalue weighted by atomic mass is 9.95. The third-order valence-electron chi connectivity index (χ3n) is 6.81. The van der Waals surface area contributed by atoms with E-state index in [4.69, 9.17) is 27.9 Å². The fourth-order valence-electron chi connectivity index (χ4n) is 4.63. The summed E-state index contributed by atoms with van der Waals surface area (Å²) >= 11 is 14.9. The van der Waals surface area contributed by atoms with E-state index in [0.29, 0.717) is 43.6 Å². The topological polar surface area (TPSA) is 106 Å². The lowest BCUT2D eigenvalue weighted by Gasteiger charge is -2.22. The number of hydrogen-bond donors (Lipinski definition) is 1. The van der Waals surface area contributed by atoms with Crippen molar-refractivity contribution in [1.82, 2.24) is 15.2 Å². The minimum atomic E-state index is -0.956. The van der Waals surface area contributed by atoms with Gasteiger partial charge in [0.05, 0.1) is 11.6 Å². The molecule has 3 aromatic carbocycles. The summed E-state index contributed by atoms with van der Waals surface area (Å²) in [6.07, 6.45) is 3.00. The van der Waals surface area contributed by atoms with Gasteiger partial charge in [-0.2, -0.15) is 0 Å². The molecular formula is C32H22Cl2N4O4S2. The molecule has 8 nitrogen and oxygen atoms in total. The van der Waals surface area contributed by atoms with Crippen LogP contribution in [0.25, 0.3) is 5.76 Å². The fourth-order valence-corrected chi connectivity index (χ4v) is 7.06. The summed E-state index contributed by atoms with van der Waals surface area (Å²) in [4.78, 5) is 32.3. The molecule has 1 unspecified atom stereocenters. The number of ether oxygens (including phenoxy) is 1. The highest BCUT2D eigenvalue weighted by molar-refractivity contribution is 8.00. The zero-order valence-electron chi connectivity index (χ0n) is 22.8. The first-order valence-electron chi connectivity index (χ1n) is 13.3. The number of rotatable bonds is 9. The van der Waals surface area contributed by atoms with E-state index < -0.39 is 17.7 Å². The number of anilines is 1. The molecule has 1 amide bonds. The van der Waals surface area contributed by atoms with Gasteiger partial charge in [0.1, 0.15) is 18.1 Å². The third kappa shape index (κ3) is 6.34. The molecule has 0 radical (unpaired) electrons. The molecule has 0 saturated carbocycles. The summed E-state index contributed by atoms with van der Waals surface area (Å²) in [5.74, 6) is -0.841. The molecule has 44 heavy (non-hydrogen) atoms. The summed E-state index contributed by atoms with van der Waals surface area (Å²) < 4.78 is 6.51. The zero-order valence-corrected chi connectivity index (χ0v) is 25.9. The predicted molar refractivity (Wildman–Crippen MR) is 172 cm³/mol. The second-order valence-electron chi connectivity index (χ2n) is 9.62. The Morgan fingerprint density at radius 2 is 1.70 bits per heavy atom. The maximum atomic E-state index is 13.5. The molecule has 220 valence electrons. The van der Waals surface area contributed by atoms with Gasteiger partial charge in [0.25, 0.3) is 5.78 Å². The van der Waals surface area contributed by atoms with Gasteiger partial charge in [0, 0.05) is 33.8 Å². The van der Waals surface area contributed by atoms with Crippen LogP contribution in [0.4, 0.5) is 5.13 Å². The average Bonchev–Trinajstić information content (AvgIpc) is 3.62. The molecule has 5 aromatic rings. The summed E-state index contributed by atoms with van der Waals surface area (Å²) in [7, 11) is 0. The quantitative estimate of drug-likeness (QED) is 0.0563. The molecule has 0 aliphatic carbocycles. The number of aliphatic hydroxyl groups excluding tert-OH is 1. The van der Waals surface area contributed by atoms with Crippen LogP contribution in [-0.4, -0.2) is 32.0 Å². The number of Topliss-reactive ketones (excluding diaryl/α,β-unsaturated/α-hetero) is 1. The number of carbonyl (C=O) groups excluding carboxylic acids is 2. The van der Waals surface area contributed by atoms with E-state index in [0.717, 1.165) is 11.1 Å². The molecular weight excluding hydrogens is 639 g/mol. The first-order chi connectivity index (χ1) is 21.4. The van der Waals surface area contributed by atoms with E-state index in [-0.39, 0.29) is 16.5 Å². The maximum Gasteiger partial charge on any atom is 0.301 e. The van der Waals surface area contributed by atoms with Crippen LogP contribution in [0, 0.1) is 0 Å². The normalized spacial score (nSPS) is 16.0. The molecule has 1 aliphatic rings. The van der Waals surface area contributed by atoms with Crippen LogP contribution in [0.1, 0.15) is 28.3 Å². The van der Waals surface area contributed by atoms with Gasteiger partial charge in [-0.1, -0.05) is 94.8 Å². The summed E-state index contributed by atoms with van der Waals surface area (Å²) in [6.45, 7) is 0.382. The van der Waals surface area contributed by atoms with Crippen LogP contribution in [0.2, 0.25) is 10.0 Å². The van der Waals surface area contributed by atoms with Crippen LogP contribution >= 0.6 is 46.3 Å². The highest BCUT2D eigenvalue weighted by Gasteiger charge is 2.48. The largest absolute Gasteiger partial charge is 0.507 e. The van der Waals surface area contributed by atoms with Gasteiger partial charge in [-0.25, -0.2) is 0 Å². The predicted octanol–water partition coefficient (Wildman–Crippen LogP) is 7.74. The third-order valence-corrected chi connectivity index (χ3v) is 9.50.